The zero-order chi connectivity index (χ0) is 21.6. The van der Waals surface area contributed by atoms with Crippen molar-refractivity contribution in [3.05, 3.63) is 52.3 Å². The van der Waals surface area contributed by atoms with Gasteiger partial charge in [0.1, 0.15) is 18.2 Å². The van der Waals surface area contributed by atoms with Gasteiger partial charge in [0.15, 0.2) is 11.2 Å². The minimum atomic E-state index is -0.200. The zero-order valence-corrected chi connectivity index (χ0v) is 18.3. The summed E-state index contributed by atoms with van der Waals surface area (Å²) < 4.78 is 13.5. The number of morpholine rings is 1. The number of fused-ring (bicyclic) bond motifs is 1. The summed E-state index contributed by atoms with van der Waals surface area (Å²) >= 11 is 0. The summed E-state index contributed by atoms with van der Waals surface area (Å²) in [6, 6.07) is 7.94. The fourth-order valence-corrected chi connectivity index (χ4v) is 3.76. The van der Waals surface area contributed by atoms with Gasteiger partial charge in [0.05, 0.1) is 19.5 Å². The second-order valence-electron chi connectivity index (χ2n) is 8.18. The van der Waals surface area contributed by atoms with Crippen molar-refractivity contribution < 1.29 is 9.47 Å². The maximum absolute atomic E-state index is 12.6. The van der Waals surface area contributed by atoms with Gasteiger partial charge < -0.3 is 19.0 Å². The Morgan fingerprint density at radius 1 is 1.26 bits per heavy atom. The average molecular weight is 426 g/mol. The molecule has 1 aromatic carbocycles. The van der Waals surface area contributed by atoms with Crippen molar-refractivity contribution in [1.29, 1.82) is 0 Å². The molecule has 0 saturated carbocycles. The number of para-hydroxylation sites is 1. The Bertz CT molecular complexity index is 1050. The highest BCUT2D eigenvalue weighted by molar-refractivity contribution is 5.69. The number of nitrogens with zero attached hydrogens (tertiary/aromatic N) is 4. The van der Waals surface area contributed by atoms with Crippen molar-refractivity contribution in [2.24, 2.45) is 5.92 Å². The van der Waals surface area contributed by atoms with Crippen LogP contribution in [0.1, 0.15) is 31.7 Å². The first kappa shape index (κ1) is 21.5. The number of rotatable bonds is 9. The number of benzene rings is 1. The molecule has 1 unspecified atom stereocenters. The van der Waals surface area contributed by atoms with Crippen molar-refractivity contribution in [2.75, 3.05) is 39.5 Å². The third kappa shape index (κ3) is 5.32. The minimum Gasteiger partial charge on any atom is -0.492 e. The molecule has 4 rings (SSSR count). The van der Waals surface area contributed by atoms with Gasteiger partial charge in [-0.2, -0.15) is 0 Å². The van der Waals surface area contributed by atoms with Crippen LogP contribution in [0.15, 0.2) is 35.4 Å². The van der Waals surface area contributed by atoms with E-state index >= 15 is 0 Å². The summed E-state index contributed by atoms with van der Waals surface area (Å²) in [7, 11) is 0. The van der Waals surface area contributed by atoms with Crippen LogP contribution in [0, 0.1) is 5.92 Å². The molecule has 1 aliphatic rings. The van der Waals surface area contributed by atoms with Gasteiger partial charge >= 0.3 is 0 Å². The van der Waals surface area contributed by atoms with E-state index in [9.17, 15) is 4.79 Å². The molecule has 31 heavy (non-hydrogen) atoms. The van der Waals surface area contributed by atoms with E-state index in [1.807, 2.05) is 28.8 Å². The van der Waals surface area contributed by atoms with Gasteiger partial charge in [0, 0.05) is 38.2 Å². The number of imidazole rings is 1. The van der Waals surface area contributed by atoms with Gasteiger partial charge in [-0.25, -0.2) is 9.97 Å². The van der Waals surface area contributed by atoms with Gasteiger partial charge in [0.2, 0.25) is 0 Å². The Hall–Kier alpha value is -2.71. The van der Waals surface area contributed by atoms with Gasteiger partial charge in [-0.15, -0.1) is 0 Å². The average Bonchev–Trinajstić information content (AvgIpc) is 3.18. The fourth-order valence-electron chi connectivity index (χ4n) is 3.76. The number of ether oxygens (including phenoxy) is 2. The number of aromatic amines is 1. The molecule has 2 aromatic heterocycles. The highest BCUT2D eigenvalue weighted by Crippen LogP contribution is 2.21. The Balaban J connectivity index is 1.49. The van der Waals surface area contributed by atoms with Crippen LogP contribution in [0.25, 0.3) is 11.2 Å². The summed E-state index contributed by atoms with van der Waals surface area (Å²) in [6.45, 7) is 10.1. The van der Waals surface area contributed by atoms with E-state index in [1.165, 1.54) is 0 Å². The van der Waals surface area contributed by atoms with Gasteiger partial charge in [-0.1, -0.05) is 38.5 Å². The number of hydrogen-bond acceptors (Lipinski definition) is 6. The Morgan fingerprint density at radius 3 is 2.87 bits per heavy atom. The van der Waals surface area contributed by atoms with Crippen LogP contribution in [0.5, 0.6) is 5.75 Å². The van der Waals surface area contributed by atoms with Crippen molar-refractivity contribution in [2.45, 2.75) is 33.2 Å². The highest BCUT2D eigenvalue weighted by Gasteiger charge is 2.14. The van der Waals surface area contributed by atoms with E-state index < -0.39 is 0 Å². The first-order valence-electron chi connectivity index (χ1n) is 11.1. The van der Waals surface area contributed by atoms with Gasteiger partial charge in [0.25, 0.3) is 5.56 Å². The Morgan fingerprint density at radius 2 is 2.06 bits per heavy atom. The first-order chi connectivity index (χ1) is 15.1. The zero-order valence-electron chi connectivity index (χ0n) is 18.3. The lowest BCUT2D eigenvalue weighted by Crippen LogP contribution is -2.38. The summed E-state index contributed by atoms with van der Waals surface area (Å²) in [5, 5.41) is 0. The topological polar surface area (TPSA) is 85.3 Å². The highest BCUT2D eigenvalue weighted by atomic mass is 16.5. The second-order valence-corrected chi connectivity index (χ2v) is 8.18. The van der Waals surface area contributed by atoms with Crippen LogP contribution in [-0.4, -0.2) is 63.9 Å². The van der Waals surface area contributed by atoms with E-state index in [4.69, 9.17) is 14.5 Å². The quantitative estimate of drug-likeness (QED) is 0.567. The molecule has 0 amide bonds. The lowest BCUT2D eigenvalue weighted by atomic mass is 10.1. The van der Waals surface area contributed by atoms with E-state index in [1.54, 1.807) is 6.33 Å². The van der Waals surface area contributed by atoms with E-state index in [0.717, 1.165) is 57.1 Å². The van der Waals surface area contributed by atoms with E-state index in [0.29, 0.717) is 35.9 Å². The van der Waals surface area contributed by atoms with Crippen molar-refractivity contribution >= 4 is 11.2 Å². The second kappa shape index (κ2) is 10.1. The standard InChI is InChI=1S/C23H31N5O3/c1-3-17(2)15-28-16-24-21-22(28)25-20(26-23(21)29)14-18-6-4-5-7-19(18)31-13-10-27-8-11-30-12-9-27/h4-7,16-17H,3,8-15H2,1-2H3,(H,25,26,29). The lowest BCUT2D eigenvalue weighted by molar-refractivity contribution is 0.0322. The van der Waals surface area contributed by atoms with Gasteiger partial charge in [-0.3, -0.25) is 9.69 Å². The molecule has 1 atom stereocenters. The smallest absolute Gasteiger partial charge is 0.279 e. The third-order valence-corrected chi connectivity index (χ3v) is 5.83. The maximum Gasteiger partial charge on any atom is 0.279 e. The molecular weight excluding hydrogens is 394 g/mol. The monoisotopic (exact) mass is 425 g/mol. The number of H-pyrrole nitrogens is 1. The number of aromatic nitrogens is 4. The fraction of sp³-hybridized carbons (Fsp3) is 0.522. The number of nitrogens with one attached hydrogen (secondary N) is 1. The molecule has 1 N–H and O–H groups in total. The van der Waals surface area contributed by atoms with Crippen molar-refractivity contribution in [1.82, 2.24) is 24.4 Å². The number of hydrogen-bond donors (Lipinski definition) is 1. The van der Waals surface area contributed by atoms with E-state index in [2.05, 4.69) is 28.7 Å². The van der Waals surface area contributed by atoms with Crippen molar-refractivity contribution in [3.63, 3.8) is 0 Å². The lowest BCUT2D eigenvalue weighted by Gasteiger charge is -2.26. The van der Waals surface area contributed by atoms with Gasteiger partial charge in [-0.05, 0) is 12.0 Å². The molecule has 3 aromatic rings. The largest absolute Gasteiger partial charge is 0.492 e. The Kier molecular flexibility index (Phi) is 6.99. The van der Waals surface area contributed by atoms with Crippen molar-refractivity contribution in [3.8, 4) is 5.75 Å². The summed E-state index contributed by atoms with van der Waals surface area (Å²) in [5.41, 5.74) is 1.83. The molecule has 1 saturated heterocycles. The molecule has 8 heteroatoms. The first-order valence-corrected chi connectivity index (χ1v) is 11.1. The SMILES string of the molecule is CCC(C)Cn1cnc2c(=O)[nH]c(Cc3ccccc3OCCN3CCOCC3)nc21. The van der Waals surface area contributed by atoms with Crippen LogP contribution in [-0.2, 0) is 17.7 Å². The molecule has 0 spiro atoms. The summed E-state index contributed by atoms with van der Waals surface area (Å²) in [5.74, 6) is 1.93. The predicted octanol–water partition coefficient (Wildman–Crippen LogP) is 2.47. The van der Waals surface area contributed by atoms with Crippen LogP contribution in [0.3, 0.4) is 0 Å². The van der Waals surface area contributed by atoms with Crippen LogP contribution >= 0.6 is 0 Å². The van der Waals surface area contributed by atoms with Crippen LogP contribution in [0.4, 0.5) is 0 Å². The van der Waals surface area contributed by atoms with Crippen LogP contribution < -0.4 is 10.3 Å². The molecule has 0 aliphatic carbocycles. The van der Waals surface area contributed by atoms with E-state index in [-0.39, 0.29) is 5.56 Å². The molecule has 1 fully saturated rings. The maximum atomic E-state index is 12.6. The molecule has 0 radical (unpaired) electrons. The summed E-state index contributed by atoms with van der Waals surface area (Å²) in [6.07, 6.45) is 3.27. The summed E-state index contributed by atoms with van der Waals surface area (Å²) in [4.78, 5) is 26.8. The Labute approximate surface area is 182 Å². The van der Waals surface area contributed by atoms with Crippen LogP contribution in [0.2, 0.25) is 0 Å². The minimum absolute atomic E-state index is 0.200. The molecular formula is C23H31N5O3. The molecule has 0 bridgehead atoms. The molecule has 3 heterocycles. The molecule has 166 valence electrons. The molecule has 8 nitrogen and oxygen atoms in total. The predicted molar refractivity (Wildman–Crippen MR) is 120 cm³/mol. The normalized spacial score (nSPS) is 15.9. The molecule has 1 aliphatic heterocycles. The third-order valence-electron chi connectivity index (χ3n) is 5.83.